The van der Waals surface area contributed by atoms with Gasteiger partial charge in [0, 0.05) is 0 Å². The highest BCUT2D eigenvalue weighted by molar-refractivity contribution is 5.91. The van der Waals surface area contributed by atoms with Crippen LogP contribution in [0.3, 0.4) is 0 Å². The second-order valence-corrected chi connectivity index (χ2v) is 2.33. The Balaban J connectivity index is 3.28. The third-order valence-corrected chi connectivity index (χ3v) is 1.58. The van der Waals surface area contributed by atoms with Crippen LogP contribution in [0.1, 0.15) is 15.9 Å². The molecule has 66 valence electrons. The molecule has 0 radical (unpaired) electrons. The molecule has 0 aliphatic rings. The minimum absolute atomic E-state index is 0.0400. The molecule has 0 aliphatic heterocycles. The normalized spacial score (nSPS) is 8.92. The topological polar surface area (TPSA) is 70.3 Å². The summed E-state index contributed by atoms with van der Waals surface area (Å²) in [5.74, 6) is -0.702. The summed E-state index contributed by atoms with van der Waals surface area (Å²) in [6.07, 6.45) is 0. The van der Waals surface area contributed by atoms with Crippen LogP contribution in [0.2, 0.25) is 0 Å². The molecule has 0 spiro atoms. The van der Waals surface area contributed by atoms with Gasteiger partial charge in [0.25, 0.3) is 0 Å². The molecule has 1 N–H and O–H groups in total. The van der Waals surface area contributed by atoms with Gasteiger partial charge in [-0.05, 0) is 18.2 Å². The van der Waals surface area contributed by atoms with Crippen LogP contribution in [0, 0.1) is 11.3 Å². The van der Waals surface area contributed by atoms with E-state index in [4.69, 9.17) is 15.1 Å². The van der Waals surface area contributed by atoms with Gasteiger partial charge in [0.1, 0.15) is 11.8 Å². The zero-order valence-corrected chi connectivity index (χ0v) is 6.94. The molecule has 0 aliphatic carbocycles. The SMILES string of the molecule is COc1ccc(C#N)c(C(=O)O)c1. The maximum absolute atomic E-state index is 10.6. The number of carbonyl (C=O) groups is 1. The Morgan fingerprint density at radius 3 is 2.77 bits per heavy atom. The number of rotatable bonds is 2. The van der Waals surface area contributed by atoms with Crippen molar-refractivity contribution in [3.05, 3.63) is 29.3 Å². The highest BCUT2D eigenvalue weighted by Crippen LogP contribution is 2.16. The van der Waals surface area contributed by atoms with Crippen molar-refractivity contribution in [2.45, 2.75) is 0 Å². The lowest BCUT2D eigenvalue weighted by Crippen LogP contribution is -2.00. The van der Waals surface area contributed by atoms with Gasteiger partial charge in [-0.2, -0.15) is 5.26 Å². The third-order valence-electron chi connectivity index (χ3n) is 1.58. The summed E-state index contributed by atoms with van der Waals surface area (Å²) in [5, 5.41) is 17.3. The Hall–Kier alpha value is -2.02. The first-order valence-corrected chi connectivity index (χ1v) is 3.50. The molecular formula is C9H7NO3. The maximum Gasteiger partial charge on any atom is 0.337 e. The van der Waals surface area contributed by atoms with E-state index < -0.39 is 5.97 Å². The predicted molar refractivity (Wildman–Crippen MR) is 44.7 cm³/mol. The van der Waals surface area contributed by atoms with Crippen molar-refractivity contribution in [1.82, 2.24) is 0 Å². The third kappa shape index (κ3) is 1.76. The summed E-state index contributed by atoms with van der Waals surface area (Å²) >= 11 is 0. The van der Waals surface area contributed by atoms with Gasteiger partial charge in [-0.1, -0.05) is 0 Å². The summed E-state index contributed by atoms with van der Waals surface area (Å²) in [6, 6.07) is 6.08. The highest BCUT2D eigenvalue weighted by atomic mass is 16.5. The predicted octanol–water partition coefficient (Wildman–Crippen LogP) is 1.27. The number of nitriles is 1. The van der Waals surface area contributed by atoms with E-state index >= 15 is 0 Å². The van der Waals surface area contributed by atoms with E-state index in [1.165, 1.54) is 19.2 Å². The molecule has 4 nitrogen and oxygen atoms in total. The van der Waals surface area contributed by atoms with Crippen molar-refractivity contribution in [3.63, 3.8) is 0 Å². The number of carboxylic acids is 1. The molecule has 0 unspecified atom stereocenters. The molecule has 0 fully saturated rings. The first-order valence-electron chi connectivity index (χ1n) is 3.50. The van der Waals surface area contributed by atoms with Crippen molar-refractivity contribution in [1.29, 1.82) is 5.26 Å². The van der Waals surface area contributed by atoms with Gasteiger partial charge in [0.05, 0.1) is 18.2 Å². The average Bonchev–Trinajstić information content (AvgIpc) is 2.16. The van der Waals surface area contributed by atoms with Crippen molar-refractivity contribution < 1.29 is 14.6 Å². The Morgan fingerprint density at radius 1 is 1.62 bits per heavy atom. The van der Waals surface area contributed by atoms with Gasteiger partial charge in [-0.3, -0.25) is 0 Å². The van der Waals surface area contributed by atoms with Gasteiger partial charge in [-0.25, -0.2) is 4.79 Å². The number of hydrogen-bond acceptors (Lipinski definition) is 3. The largest absolute Gasteiger partial charge is 0.497 e. The monoisotopic (exact) mass is 177 g/mol. The van der Waals surface area contributed by atoms with Crippen LogP contribution in [0.15, 0.2) is 18.2 Å². The molecule has 1 aromatic rings. The number of nitrogens with zero attached hydrogens (tertiary/aromatic N) is 1. The molecule has 0 atom stereocenters. The van der Waals surface area contributed by atoms with Gasteiger partial charge in [0.2, 0.25) is 0 Å². The van der Waals surface area contributed by atoms with Crippen LogP contribution in [0.4, 0.5) is 0 Å². The zero-order chi connectivity index (χ0) is 9.84. The number of aromatic carboxylic acids is 1. The van der Waals surface area contributed by atoms with Crippen LogP contribution in [0.5, 0.6) is 5.75 Å². The summed E-state index contributed by atoms with van der Waals surface area (Å²) in [5.41, 5.74) is 0.0927. The molecule has 0 heterocycles. The van der Waals surface area contributed by atoms with Gasteiger partial charge in [-0.15, -0.1) is 0 Å². The standard InChI is InChI=1S/C9H7NO3/c1-13-7-3-2-6(5-10)8(4-7)9(11)12/h2-4H,1H3,(H,11,12). The van der Waals surface area contributed by atoms with E-state index in [0.717, 1.165) is 0 Å². The lowest BCUT2D eigenvalue weighted by Gasteiger charge is -2.01. The molecule has 0 bridgehead atoms. The van der Waals surface area contributed by atoms with E-state index in [-0.39, 0.29) is 11.1 Å². The number of benzene rings is 1. The Kier molecular flexibility index (Phi) is 2.50. The lowest BCUT2D eigenvalue weighted by molar-refractivity contribution is 0.0696. The molecule has 1 rings (SSSR count). The average molecular weight is 177 g/mol. The first kappa shape index (κ1) is 9.07. The van der Waals surface area contributed by atoms with Crippen molar-refractivity contribution in [2.24, 2.45) is 0 Å². The lowest BCUT2D eigenvalue weighted by atomic mass is 10.1. The van der Waals surface area contributed by atoms with E-state index in [0.29, 0.717) is 5.75 Å². The summed E-state index contributed by atoms with van der Waals surface area (Å²) in [6.45, 7) is 0. The summed E-state index contributed by atoms with van der Waals surface area (Å²) in [7, 11) is 1.44. The smallest absolute Gasteiger partial charge is 0.337 e. The minimum Gasteiger partial charge on any atom is -0.497 e. The number of ether oxygens (including phenoxy) is 1. The van der Waals surface area contributed by atoms with E-state index in [1.54, 1.807) is 12.1 Å². The van der Waals surface area contributed by atoms with Gasteiger partial charge < -0.3 is 9.84 Å². The highest BCUT2D eigenvalue weighted by Gasteiger charge is 2.10. The molecule has 0 amide bonds. The second-order valence-electron chi connectivity index (χ2n) is 2.33. The zero-order valence-electron chi connectivity index (χ0n) is 6.94. The van der Waals surface area contributed by atoms with Gasteiger partial charge in [0.15, 0.2) is 0 Å². The summed E-state index contributed by atoms with van der Waals surface area (Å²) < 4.78 is 4.83. The molecule has 13 heavy (non-hydrogen) atoms. The molecular weight excluding hydrogens is 170 g/mol. The van der Waals surface area contributed by atoms with E-state index in [9.17, 15) is 4.79 Å². The molecule has 0 aromatic heterocycles. The Bertz CT molecular complexity index is 379. The van der Waals surface area contributed by atoms with Crippen LogP contribution in [-0.4, -0.2) is 18.2 Å². The number of methoxy groups -OCH3 is 1. The van der Waals surface area contributed by atoms with Crippen LogP contribution >= 0.6 is 0 Å². The van der Waals surface area contributed by atoms with Crippen LogP contribution < -0.4 is 4.74 Å². The molecule has 4 heteroatoms. The minimum atomic E-state index is -1.13. The van der Waals surface area contributed by atoms with Gasteiger partial charge >= 0.3 is 5.97 Å². The van der Waals surface area contributed by atoms with Crippen molar-refractivity contribution in [3.8, 4) is 11.8 Å². The summed E-state index contributed by atoms with van der Waals surface area (Å²) in [4.78, 5) is 10.6. The number of carboxylic acid groups (broad SMARTS) is 1. The van der Waals surface area contributed by atoms with E-state index in [1.807, 2.05) is 0 Å². The Morgan fingerprint density at radius 2 is 2.31 bits per heavy atom. The molecule has 0 saturated heterocycles. The first-order chi connectivity index (χ1) is 6.19. The number of hydrogen-bond donors (Lipinski definition) is 1. The van der Waals surface area contributed by atoms with Crippen molar-refractivity contribution >= 4 is 5.97 Å². The molecule has 1 aromatic carbocycles. The van der Waals surface area contributed by atoms with Crippen molar-refractivity contribution in [2.75, 3.05) is 7.11 Å². The van der Waals surface area contributed by atoms with E-state index in [2.05, 4.69) is 0 Å². The second kappa shape index (κ2) is 3.59. The van der Waals surface area contributed by atoms with Crippen LogP contribution in [-0.2, 0) is 0 Å². The Labute approximate surface area is 75.0 Å². The fraction of sp³-hybridized carbons (Fsp3) is 0.111. The quantitative estimate of drug-likeness (QED) is 0.738. The maximum atomic E-state index is 10.6. The fourth-order valence-electron chi connectivity index (χ4n) is 0.925. The van der Waals surface area contributed by atoms with Crippen LogP contribution in [0.25, 0.3) is 0 Å². The molecule has 0 saturated carbocycles. The fourth-order valence-corrected chi connectivity index (χ4v) is 0.925.